The largest absolute Gasteiger partial charge is 0.493 e. The van der Waals surface area contributed by atoms with Crippen molar-refractivity contribution in [3.63, 3.8) is 0 Å². The van der Waals surface area contributed by atoms with Crippen molar-refractivity contribution >= 4 is 5.78 Å². The number of ketones is 1. The molecule has 0 saturated carbocycles. The first kappa shape index (κ1) is 13.6. The predicted octanol–water partition coefficient (Wildman–Crippen LogP) is 3.58. The van der Waals surface area contributed by atoms with E-state index in [0.29, 0.717) is 19.0 Å². The number of halogens is 1. The van der Waals surface area contributed by atoms with Crippen molar-refractivity contribution < 1.29 is 18.7 Å². The molecule has 0 fully saturated rings. The maximum Gasteiger partial charge on any atom is 0.163 e. The molecule has 0 amide bonds. The van der Waals surface area contributed by atoms with E-state index >= 15 is 0 Å². The number of carbonyl (C=O) groups excluding carboxylic acids is 1. The molecular formula is C17H15FO3. The molecule has 1 heterocycles. The van der Waals surface area contributed by atoms with Crippen molar-refractivity contribution in [2.45, 2.75) is 12.8 Å². The Balaban J connectivity index is 1.76. The average molecular weight is 286 g/mol. The first-order chi connectivity index (χ1) is 10.1. The van der Waals surface area contributed by atoms with Gasteiger partial charge in [0.1, 0.15) is 17.3 Å². The molecule has 1 unspecified atom stereocenters. The van der Waals surface area contributed by atoms with Crippen LogP contribution in [0.3, 0.4) is 0 Å². The third-order valence-electron chi connectivity index (χ3n) is 3.56. The maximum absolute atomic E-state index is 13.2. The summed E-state index contributed by atoms with van der Waals surface area (Å²) in [4.78, 5) is 11.5. The Kier molecular flexibility index (Phi) is 3.60. The molecule has 0 saturated heterocycles. The molecule has 3 rings (SSSR count). The third-order valence-corrected chi connectivity index (χ3v) is 3.56. The molecular weight excluding hydrogens is 271 g/mol. The van der Waals surface area contributed by atoms with Crippen LogP contribution in [0.15, 0.2) is 42.5 Å². The monoisotopic (exact) mass is 286 g/mol. The van der Waals surface area contributed by atoms with E-state index in [-0.39, 0.29) is 17.3 Å². The summed E-state index contributed by atoms with van der Waals surface area (Å²) >= 11 is 0. The lowest BCUT2D eigenvalue weighted by Crippen LogP contribution is -2.13. The molecule has 1 atom stereocenters. The number of ether oxygens (including phenoxy) is 2. The van der Waals surface area contributed by atoms with E-state index in [1.54, 1.807) is 0 Å². The zero-order chi connectivity index (χ0) is 14.8. The van der Waals surface area contributed by atoms with Crippen LogP contribution >= 0.6 is 0 Å². The molecule has 1 aliphatic rings. The van der Waals surface area contributed by atoms with Crippen LogP contribution in [0.5, 0.6) is 11.5 Å². The van der Waals surface area contributed by atoms with Crippen molar-refractivity contribution in [1.82, 2.24) is 0 Å². The van der Waals surface area contributed by atoms with Crippen LogP contribution in [0.25, 0.3) is 0 Å². The number of para-hydroxylation sites is 1. The van der Waals surface area contributed by atoms with Crippen LogP contribution in [-0.2, 0) is 0 Å². The summed E-state index contributed by atoms with van der Waals surface area (Å²) in [6.45, 7) is 2.34. The number of Topliss-reactive ketones (excluding diaryl/α,β-unsaturated/α-hetero) is 1. The van der Waals surface area contributed by atoms with E-state index in [4.69, 9.17) is 9.47 Å². The van der Waals surface area contributed by atoms with E-state index in [2.05, 4.69) is 0 Å². The van der Waals surface area contributed by atoms with Crippen LogP contribution in [0, 0.1) is 5.82 Å². The van der Waals surface area contributed by atoms with E-state index in [1.165, 1.54) is 25.1 Å². The molecule has 0 spiro atoms. The molecule has 21 heavy (non-hydrogen) atoms. The summed E-state index contributed by atoms with van der Waals surface area (Å²) < 4.78 is 24.5. The summed E-state index contributed by atoms with van der Waals surface area (Å²) in [6.07, 6.45) is 0. The Labute approximate surface area is 122 Å². The summed E-state index contributed by atoms with van der Waals surface area (Å²) in [5, 5.41) is 0. The van der Waals surface area contributed by atoms with Crippen molar-refractivity contribution in [3.05, 3.63) is 59.4 Å². The second-order valence-corrected chi connectivity index (χ2v) is 5.05. The van der Waals surface area contributed by atoms with Crippen LogP contribution in [0.4, 0.5) is 4.39 Å². The Morgan fingerprint density at radius 3 is 2.95 bits per heavy atom. The standard InChI is InChI=1S/C17H15FO3/c1-11(19)15-8-13(18)6-7-17(15)21-10-12-9-20-16-5-3-2-4-14(12)16/h2-8,12H,9-10H2,1H3. The molecule has 2 aromatic carbocycles. The number of carbonyl (C=O) groups is 1. The second kappa shape index (κ2) is 5.56. The van der Waals surface area contributed by atoms with Gasteiger partial charge in [-0.1, -0.05) is 18.2 Å². The molecule has 0 aliphatic carbocycles. The molecule has 3 nitrogen and oxygen atoms in total. The number of rotatable bonds is 4. The van der Waals surface area contributed by atoms with Crippen LogP contribution in [0.1, 0.15) is 28.8 Å². The van der Waals surface area contributed by atoms with Crippen molar-refractivity contribution in [3.8, 4) is 11.5 Å². The second-order valence-electron chi connectivity index (χ2n) is 5.05. The molecule has 1 aliphatic heterocycles. The minimum absolute atomic E-state index is 0.117. The number of benzene rings is 2. The minimum Gasteiger partial charge on any atom is -0.493 e. The fraction of sp³-hybridized carbons (Fsp3) is 0.235. The molecule has 4 heteroatoms. The Bertz CT molecular complexity index is 681. The van der Waals surface area contributed by atoms with Gasteiger partial charge in [-0.25, -0.2) is 4.39 Å². The van der Waals surface area contributed by atoms with Gasteiger partial charge in [-0.15, -0.1) is 0 Å². The quantitative estimate of drug-likeness (QED) is 0.806. The highest BCUT2D eigenvalue weighted by molar-refractivity contribution is 5.96. The van der Waals surface area contributed by atoms with Crippen molar-refractivity contribution in [2.24, 2.45) is 0 Å². The van der Waals surface area contributed by atoms with Gasteiger partial charge in [0.25, 0.3) is 0 Å². The highest BCUT2D eigenvalue weighted by atomic mass is 19.1. The lowest BCUT2D eigenvalue weighted by molar-refractivity contribution is 0.101. The summed E-state index contributed by atoms with van der Waals surface area (Å²) in [6, 6.07) is 11.8. The fourth-order valence-corrected chi connectivity index (χ4v) is 2.46. The average Bonchev–Trinajstić information content (AvgIpc) is 2.89. The van der Waals surface area contributed by atoms with Crippen molar-refractivity contribution in [2.75, 3.05) is 13.2 Å². The molecule has 0 N–H and O–H groups in total. The van der Waals surface area contributed by atoms with E-state index in [0.717, 1.165) is 11.3 Å². The van der Waals surface area contributed by atoms with Gasteiger partial charge < -0.3 is 9.47 Å². The number of hydrogen-bond donors (Lipinski definition) is 0. The van der Waals surface area contributed by atoms with E-state index in [9.17, 15) is 9.18 Å². The summed E-state index contributed by atoms with van der Waals surface area (Å²) in [5.74, 6) is 0.742. The Morgan fingerprint density at radius 2 is 2.14 bits per heavy atom. The zero-order valence-electron chi connectivity index (χ0n) is 11.6. The summed E-state index contributed by atoms with van der Waals surface area (Å²) in [7, 11) is 0. The first-order valence-electron chi connectivity index (χ1n) is 6.80. The van der Waals surface area contributed by atoms with Crippen LogP contribution in [-0.4, -0.2) is 19.0 Å². The molecule has 2 aromatic rings. The van der Waals surface area contributed by atoms with Crippen LogP contribution < -0.4 is 9.47 Å². The first-order valence-corrected chi connectivity index (χ1v) is 6.80. The molecule has 0 bridgehead atoms. The van der Waals surface area contributed by atoms with E-state index in [1.807, 2.05) is 24.3 Å². The van der Waals surface area contributed by atoms with Gasteiger partial charge in [0.05, 0.1) is 24.7 Å². The van der Waals surface area contributed by atoms with Gasteiger partial charge in [-0.2, -0.15) is 0 Å². The smallest absolute Gasteiger partial charge is 0.163 e. The topological polar surface area (TPSA) is 35.5 Å². The van der Waals surface area contributed by atoms with E-state index < -0.39 is 5.82 Å². The molecule has 0 radical (unpaired) electrons. The molecule has 0 aromatic heterocycles. The van der Waals surface area contributed by atoms with Gasteiger partial charge in [0, 0.05) is 5.56 Å². The zero-order valence-corrected chi connectivity index (χ0v) is 11.6. The lowest BCUT2D eigenvalue weighted by Gasteiger charge is -2.13. The highest BCUT2D eigenvalue weighted by Crippen LogP contribution is 2.34. The maximum atomic E-state index is 13.2. The summed E-state index contributed by atoms with van der Waals surface area (Å²) in [5.41, 5.74) is 1.37. The number of hydrogen-bond acceptors (Lipinski definition) is 3. The Morgan fingerprint density at radius 1 is 1.33 bits per heavy atom. The fourth-order valence-electron chi connectivity index (χ4n) is 2.46. The Hall–Kier alpha value is -2.36. The number of fused-ring (bicyclic) bond motifs is 1. The SMILES string of the molecule is CC(=O)c1cc(F)ccc1OCC1COc2ccccc21. The van der Waals surface area contributed by atoms with Gasteiger partial charge >= 0.3 is 0 Å². The lowest BCUT2D eigenvalue weighted by atomic mass is 10.0. The highest BCUT2D eigenvalue weighted by Gasteiger charge is 2.24. The molecule has 108 valence electrons. The van der Waals surface area contributed by atoms with Crippen molar-refractivity contribution in [1.29, 1.82) is 0 Å². The van der Waals surface area contributed by atoms with Gasteiger partial charge in [0.2, 0.25) is 0 Å². The van der Waals surface area contributed by atoms with Crippen LogP contribution in [0.2, 0.25) is 0 Å². The van der Waals surface area contributed by atoms with Gasteiger partial charge in [0.15, 0.2) is 5.78 Å². The normalized spacial score (nSPS) is 16.2. The minimum atomic E-state index is -0.443. The predicted molar refractivity (Wildman–Crippen MR) is 76.6 cm³/mol. The third kappa shape index (κ3) is 2.75. The van der Waals surface area contributed by atoms with Gasteiger partial charge in [-0.05, 0) is 31.2 Å². The van der Waals surface area contributed by atoms with Gasteiger partial charge in [-0.3, -0.25) is 4.79 Å².